The number of nitrogens with one attached hydrogen (secondary N) is 2. The molecule has 2 rings (SSSR count). The summed E-state index contributed by atoms with van der Waals surface area (Å²) in [4.78, 5) is 11.0. The Morgan fingerprint density at radius 3 is 2.83 bits per heavy atom. The average molecular weight is 168 g/mol. The van der Waals surface area contributed by atoms with Gasteiger partial charge in [-0.3, -0.25) is 4.79 Å². The lowest BCUT2D eigenvalue weighted by Crippen LogP contribution is -2.41. The fourth-order valence-electron chi connectivity index (χ4n) is 2.21. The first-order valence-corrected chi connectivity index (χ1v) is 4.86. The Balaban J connectivity index is 1.86. The summed E-state index contributed by atoms with van der Waals surface area (Å²) in [6, 6.07) is 0.463. The van der Waals surface area contributed by atoms with Gasteiger partial charge >= 0.3 is 0 Å². The molecule has 68 valence electrons. The Morgan fingerprint density at radius 1 is 1.33 bits per heavy atom. The van der Waals surface area contributed by atoms with E-state index in [0.717, 1.165) is 25.9 Å². The molecule has 12 heavy (non-hydrogen) atoms. The minimum Gasteiger partial charge on any atom is -0.353 e. The van der Waals surface area contributed by atoms with Crippen LogP contribution in [0, 0.1) is 5.92 Å². The molecule has 3 nitrogen and oxygen atoms in total. The minimum absolute atomic E-state index is 0.241. The first-order chi connectivity index (χ1) is 5.86. The van der Waals surface area contributed by atoms with Crippen molar-refractivity contribution in [2.24, 2.45) is 5.92 Å². The Kier molecular flexibility index (Phi) is 2.30. The van der Waals surface area contributed by atoms with Crippen LogP contribution in [0.5, 0.6) is 0 Å². The lowest BCUT2D eigenvalue weighted by Gasteiger charge is -2.27. The molecule has 2 aliphatic rings. The highest BCUT2D eigenvalue weighted by atomic mass is 16.1. The molecule has 1 amide bonds. The SMILES string of the molecule is O=C1CC[C@@H]([C@H]2CCCNC2)N1. The van der Waals surface area contributed by atoms with Gasteiger partial charge in [0.25, 0.3) is 0 Å². The van der Waals surface area contributed by atoms with E-state index in [1.54, 1.807) is 0 Å². The molecule has 0 radical (unpaired) electrons. The quantitative estimate of drug-likeness (QED) is 0.590. The lowest BCUT2D eigenvalue weighted by molar-refractivity contribution is -0.119. The monoisotopic (exact) mass is 168 g/mol. The predicted molar refractivity (Wildman–Crippen MR) is 46.8 cm³/mol. The normalized spacial score (nSPS) is 36.5. The van der Waals surface area contributed by atoms with Gasteiger partial charge in [-0.1, -0.05) is 0 Å². The minimum atomic E-state index is 0.241. The first-order valence-electron chi connectivity index (χ1n) is 4.86. The zero-order valence-electron chi connectivity index (χ0n) is 7.31. The number of piperidine rings is 1. The second kappa shape index (κ2) is 3.44. The zero-order valence-corrected chi connectivity index (χ0v) is 7.31. The molecule has 2 saturated heterocycles. The summed E-state index contributed by atoms with van der Waals surface area (Å²) < 4.78 is 0. The van der Waals surface area contributed by atoms with Crippen molar-refractivity contribution in [3.63, 3.8) is 0 Å². The molecule has 2 atom stereocenters. The van der Waals surface area contributed by atoms with Crippen molar-refractivity contribution in [2.75, 3.05) is 13.1 Å². The third kappa shape index (κ3) is 1.61. The van der Waals surface area contributed by atoms with E-state index in [1.165, 1.54) is 12.8 Å². The van der Waals surface area contributed by atoms with Gasteiger partial charge in [0.2, 0.25) is 5.91 Å². The van der Waals surface area contributed by atoms with Crippen molar-refractivity contribution >= 4 is 5.91 Å². The van der Waals surface area contributed by atoms with Gasteiger partial charge in [-0.15, -0.1) is 0 Å². The molecule has 0 unspecified atom stereocenters. The van der Waals surface area contributed by atoms with Crippen molar-refractivity contribution in [1.82, 2.24) is 10.6 Å². The van der Waals surface area contributed by atoms with E-state index < -0.39 is 0 Å². The maximum absolute atomic E-state index is 11.0. The van der Waals surface area contributed by atoms with E-state index in [2.05, 4.69) is 10.6 Å². The van der Waals surface area contributed by atoms with Crippen LogP contribution in [0.1, 0.15) is 25.7 Å². The molecule has 2 fully saturated rings. The van der Waals surface area contributed by atoms with Crippen LogP contribution in [0.25, 0.3) is 0 Å². The molecular formula is C9H16N2O. The molecule has 3 heteroatoms. The molecule has 0 aliphatic carbocycles. The fraction of sp³-hybridized carbons (Fsp3) is 0.889. The van der Waals surface area contributed by atoms with Crippen LogP contribution in [-0.2, 0) is 4.79 Å². The number of amides is 1. The third-order valence-electron chi connectivity index (χ3n) is 2.93. The molecule has 0 saturated carbocycles. The molecule has 0 bridgehead atoms. The molecule has 0 aromatic rings. The van der Waals surface area contributed by atoms with Gasteiger partial charge < -0.3 is 10.6 Å². The number of carbonyl (C=O) groups excluding carboxylic acids is 1. The number of rotatable bonds is 1. The Labute approximate surface area is 72.9 Å². The van der Waals surface area contributed by atoms with Gasteiger partial charge in [-0.05, 0) is 38.3 Å². The van der Waals surface area contributed by atoms with Crippen LogP contribution < -0.4 is 10.6 Å². The highest BCUT2D eigenvalue weighted by Gasteiger charge is 2.29. The molecule has 2 N–H and O–H groups in total. The first kappa shape index (κ1) is 8.05. The Hall–Kier alpha value is -0.570. The number of hydrogen-bond acceptors (Lipinski definition) is 2. The van der Waals surface area contributed by atoms with Crippen LogP contribution in [0.3, 0.4) is 0 Å². The van der Waals surface area contributed by atoms with Crippen LogP contribution in [-0.4, -0.2) is 25.0 Å². The summed E-state index contributed by atoms with van der Waals surface area (Å²) in [7, 11) is 0. The molecule has 0 aromatic carbocycles. The van der Waals surface area contributed by atoms with Crippen molar-refractivity contribution in [3.8, 4) is 0 Å². The lowest BCUT2D eigenvalue weighted by atomic mass is 9.91. The van der Waals surface area contributed by atoms with E-state index in [1.807, 2.05) is 0 Å². The van der Waals surface area contributed by atoms with Crippen molar-refractivity contribution < 1.29 is 4.79 Å². The van der Waals surface area contributed by atoms with Crippen LogP contribution >= 0.6 is 0 Å². The molecule has 0 aromatic heterocycles. The second-order valence-electron chi connectivity index (χ2n) is 3.82. The number of carbonyl (C=O) groups is 1. The van der Waals surface area contributed by atoms with Gasteiger partial charge in [0, 0.05) is 12.5 Å². The van der Waals surface area contributed by atoms with Crippen molar-refractivity contribution in [2.45, 2.75) is 31.7 Å². The van der Waals surface area contributed by atoms with Crippen molar-refractivity contribution in [1.29, 1.82) is 0 Å². The Bertz CT molecular complexity index is 175. The summed E-state index contributed by atoms with van der Waals surface area (Å²) in [5, 5.41) is 6.42. The average Bonchev–Trinajstić information content (AvgIpc) is 2.54. The van der Waals surface area contributed by atoms with E-state index in [9.17, 15) is 4.79 Å². The summed E-state index contributed by atoms with van der Waals surface area (Å²) in [6.07, 6.45) is 4.32. The maximum atomic E-state index is 11.0. The summed E-state index contributed by atoms with van der Waals surface area (Å²) >= 11 is 0. The van der Waals surface area contributed by atoms with Gasteiger partial charge in [-0.2, -0.15) is 0 Å². The highest BCUT2D eigenvalue weighted by molar-refractivity contribution is 5.78. The van der Waals surface area contributed by atoms with E-state index in [0.29, 0.717) is 12.0 Å². The third-order valence-corrected chi connectivity index (χ3v) is 2.93. The smallest absolute Gasteiger partial charge is 0.220 e. The standard InChI is InChI=1S/C9H16N2O/c12-9-4-3-8(11-9)7-2-1-5-10-6-7/h7-8,10H,1-6H2,(H,11,12)/t7-,8-/m0/s1. The molecule has 2 aliphatic heterocycles. The summed E-state index contributed by atoms with van der Waals surface area (Å²) in [5.74, 6) is 0.927. The predicted octanol–water partition coefficient (Wildman–Crippen LogP) is 0.265. The van der Waals surface area contributed by atoms with Crippen LogP contribution in [0.4, 0.5) is 0 Å². The fourth-order valence-corrected chi connectivity index (χ4v) is 2.21. The largest absolute Gasteiger partial charge is 0.353 e. The van der Waals surface area contributed by atoms with Gasteiger partial charge in [-0.25, -0.2) is 0 Å². The van der Waals surface area contributed by atoms with E-state index in [-0.39, 0.29) is 5.91 Å². The number of hydrogen-bond donors (Lipinski definition) is 2. The molecular weight excluding hydrogens is 152 g/mol. The zero-order chi connectivity index (χ0) is 8.39. The van der Waals surface area contributed by atoms with Gasteiger partial charge in [0.1, 0.15) is 0 Å². The summed E-state index contributed by atoms with van der Waals surface area (Å²) in [6.45, 7) is 2.24. The molecule has 2 heterocycles. The van der Waals surface area contributed by atoms with Crippen LogP contribution in [0.2, 0.25) is 0 Å². The second-order valence-corrected chi connectivity index (χ2v) is 3.82. The topological polar surface area (TPSA) is 41.1 Å². The summed E-state index contributed by atoms with van der Waals surface area (Å²) in [5.41, 5.74) is 0. The van der Waals surface area contributed by atoms with Gasteiger partial charge in [0.05, 0.1) is 0 Å². The van der Waals surface area contributed by atoms with Gasteiger partial charge in [0.15, 0.2) is 0 Å². The van der Waals surface area contributed by atoms with E-state index >= 15 is 0 Å². The van der Waals surface area contributed by atoms with Crippen LogP contribution in [0.15, 0.2) is 0 Å². The highest BCUT2D eigenvalue weighted by Crippen LogP contribution is 2.21. The molecule has 0 spiro atoms. The Morgan fingerprint density at radius 2 is 2.25 bits per heavy atom. The van der Waals surface area contributed by atoms with Crippen molar-refractivity contribution in [3.05, 3.63) is 0 Å². The maximum Gasteiger partial charge on any atom is 0.220 e. The van der Waals surface area contributed by atoms with E-state index in [4.69, 9.17) is 0 Å².